The van der Waals surface area contributed by atoms with E-state index in [-0.39, 0.29) is 5.91 Å². The molecule has 0 aliphatic carbocycles. The lowest BCUT2D eigenvalue weighted by molar-refractivity contribution is -0.115. The molecule has 134 valence electrons. The van der Waals surface area contributed by atoms with Gasteiger partial charge in [0.25, 0.3) is 5.91 Å². The number of hydrogen-bond acceptors (Lipinski definition) is 4. The quantitative estimate of drug-likeness (QED) is 0.523. The second-order valence-electron chi connectivity index (χ2n) is 5.64. The van der Waals surface area contributed by atoms with Gasteiger partial charge >= 0.3 is 0 Å². The summed E-state index contributed by atoms with van der Waals surface area (Å²) in [6.07, 6.45) is 1.69. The fourth-order valence-corrected chi connectivity index (χ4v) is 3.58. The van der Waals surface area contributed by atoms with E-state index in [0.717, 1.165) is 5.56 Å². The van der Waals surface area contributed by atoms with Crippen molar-refractivity contribution in [1.29, 1.82) is 0 Å². The topological polar surface area (TPSA) is 54.6 Å². The van der Waals surface area contributed by atoms with Gasteiger partial charge < -0.3 is 9.73 Å². The molecular formula is C20H12Cl2N2O2S. The number of nitrogens with one attached hydrogen (secondary N) is 1. The Morgan fingerprint density at radius 3 is 2.56 bits per heavy atom. The summed E-state index contributed by atoms with van der Waals surface area (Å²) < 4.78 is 5.82. The van der Waals surface area contributed by atoms with Gasteiger partial charge in [-0.25, -0.2) is 4.99 Å². The Balaban J connectivity index is 1.55. The number of aliphatic imine (C=N–C) groups is 1. The van der Waals surface area contributed by atoms with Gasteiger partial charge in [0.05, 0.1) is 15.6 Å². The number of carbonyl (C=O) groups is 1. The summed E-state index contributed by atoms with van der Waals surface area (Å²) in [5.41, 5.74) is 1.51. The van der Waals surface area contributed by atoms with Crippen LogP contribution in [-0.4, -0.2) is 11.1 Å². The fourth-order valence-electron chi connectivity index (χ4n) is 2.46. The maximum atomic E-state index is 12.2. The van der Waals surface area contributed by atoms with Crippen LogP contribution in [0.1, 0.15) is 5.76 Å². The first-order valence-corrected chi connectivity index (χ1v) is 9.55. The van der Waals surface area contributed by atoms with E-state index < -0.39 is 0 Å². The molecule has 27 heavy (non-hydrogen) atoms. The lowest BCUT2D eigenvalue weighted by Crippen LogP contribution is -2.19. The van der Waals surface area contributed by atoms with Gasteiger partial charge in [0.2, 0.25) is 0 Å². The molecule has 2 heterocycles. The van der Waals surface area contributed by atoms with Crippen molar-refractivity contribution in [2.75, 3.05) is 0 Å². The third-order valence-electron chi connectivity index (χ3n) is 3.75. The van der Waals surface area contributed by atoms with Gasteiger partial charge in [0, 0.05) is 16.7 Å². The van der Waals surface area contributed by atoms with Crippen molar-refractivity contribution in [1.82, 2.24) is 5.32 Å². The molecule has 7 heteroatoms. The van der Waals surface area contributed by atoms with Crippen molar-refractivity contribution >= 4 is 57.8 Å². The number of benzene rings is 2. The minimum atomic E-state index is -0.227. The molecule has 1 aromatic heterocycles. The summed E-state index contributed by atoms with van der Waals surface area (Å²) in [5.74, 6) is 1.05. The van der Waals surface area contributed by atoms with Crippen LogP contribution in [0, 0.1) is 0 Å². The Hall–Kier alpha value is -2.47. The summed E-state index contributed by atoms with van der Waals surface area (Å²) in [6, 6.07) is 18.2. The van der Waals surface area contributed by atoms with Gasteiger partial charge in [-0.05, 0) is 60.3 Å². The van der Waals surface area contributed by atoms with E-state index in [0.29, 0.717) is 37.3 Å². The second-order valence-corrected chi connectivity index (χ2v) is 7.52. The number of hydrogen-bond donors (Lipinski definition) is 1. The van der Waals surface area contributed by atoms with Gasteiger partial charge in [-0.2, -0.15) is 0 Å². The summed E-state index contributed by atoms with van der Waals surface area (Å²) in [4.78, 5) is 17.1. The first kappa shape index (κ1) is 17.9. The van der Waals surface area contributed by atoms with Crippen LogP contribution in [0.2, 0.25) is 10.0 Å². The number of furan rings is 1. The third-order valence-corrected chi connectivity index (χ3v) is 5.24. The molecular weight excluding hydrogens is 403 g/mol. The Bertz CT molecular complexity index is 1070. The van der Waals surface area contributed by atoms with Crippen LogP contribution in [0.4, 0.5) is 5.69 Å². The normalized spacial score (nSPS) is 16.9. The lowest BCUT2D eigenvalue weighted by atomic mass is 10.2. The second kappa shape index (κ2) is 7.64. The average molecular weight is 415 g/mol. The molecule has 4 nitrogen and oxygen atoms in total. The molecule has 1 aliphatic heterocycles. The molecule has 2 aromatic carbocycles. The highest BCUT2D eigenvalue weighted by Crippen LogP contribution is 2.32. The van der Waals surface area contributed by atoms with Crippen molar-refractivity contribution in [2.45, 2.75) is 0 Å². The highest BCUT2D eigenvalue weighted by molar-refractivity contribution is 8.18. The summed E-state index contributed by atoms with van der Waals surface area (Å²) in [5, 5.41) is 4.40. The largest absolute Gasteiger partial charge is 0.457 e. The molecule has 1 fully saturated rings. The maximum Gasteiger partial charge on any atom is 0.264 e. The first-order chi connectivity index (χ1) is 13.1. The molecule has 0 saturated carbocycles. The van der Waals surface area contributed by atoms with Gasteiger partial charge in [-0.3, -0.25) is 4.79 Å². The highest BCUT2D eigenvalue weighted by Gasteiger charge is 2.24. The van der Waals surface area contributed by atoms with Crippen molar-refractivity contribution in [3.8, 4) is 11.3 Å². The zero-order chi connectivity index (χ0) is 18.8. The zero-order valence-corrected chi connectivity index (χ0v) is 16.1. The molecule has 1 saturated heterocycles. The van der Waals surface area contributed by atoms with E-state index >= 15 is 0 Å². The van der Waals surface area contributed by atoms with E-state index in [4.69, 9.17) is 27.6 Å². The number of thioether (sulfide) groups is 1. The van der Waals surface area contributed by atoms with Crippen LogP contribution >= 0.6 is 35.0 Å². The van der Waals surface area contributed by atoms with Crippen molar-refractivity contribution < 1.29 is 9.21 Å². The molecule has 4 rings (SSSR count). The number of halogens is 2. The number of amides is 1. The van der Waals surface area contributed by atoms with Crippen LogP contribution < -0.4 is 5.32 Å². The maximum absolute atomic E-state index is 12.2. The standard InChI is InChI=1S/C20H12Cl2N2O2S/c21-13-7-5-12(6-8-13)17-10-9-14(26-17)11-18-19(25)24-20(27-18)23-16-4-2-1-3-15(16)22/h1-11H,(H,23,24,25)/b18-11-. The van der Waals surface area contributed by atoms with E-state index in [2.05, 4.69) is 10.3 Å². The molecule has 1 aliphatic rings. The summed E-state index contributed by atoms with van der Waals surface area (Å²) in [6.45, 7) is 0. The van der Waals surface area contributed by atoms with Crippen LogP contribution in [0.3, 0.4) is 0 Å². The van der Waals surface area contributed by atoms with Crippen molar-refractivity contribution in [3.05, 3.63) is 81.4 Å². The molecule has 0 spiro atoms. The molecule has 0 atom stereocenters. The lowest BCUT2D eigenvalue weighted by Gasteiger charge is -1.98. The van der Waals surface area contributed by atoms with Crippen LogP contribution in [0.25, 0.3) is 17.4 Å². The Kier molecular flexibility index (Phi) is 5.07. The van der Waals surface area contributed by atoms with Crippen molar-refractivity contribution in [2.24, 2.45) is 4.99 Å². The number of nitrogens with zero attached hydrogens (tertiary/aromatic N) is 1. The zero-order valence-electron chi connectivity index (χ0n) is 13.8. The number of carbonyl (C=O) groups excluding carboxylic acids is 1. The predicted octanol–water partition coefficient (Wildman–Crippen LogP) is 6.15. The van der Waals surface area contributed by atoms with Gasteiger partial charge in [-0.1, -0.05) is 35.3 Å². The van der Waals surface area contributed by atoms with E-state index in [1.165, 1.54) is 11.8 Å². The summed E-state index contributed by atoms with van der Waals surface area (Å²) in [7, 11) is 0. The number of amidine groups is 1. The van der Waals surface area contributed by atoms with E-state index in [1.54, 1.807) is 30.3 Å². The Labute approximate surface area is 169 Å². The number of rotatable bonds is 3. The molecule has 0 radical (unpaired) electrons. The number of para-hydroxylation sites is 1. The molecule has 1 N–H and O–H groups in total. The van der Waals surface area contributed by atoms with Crippen molar-refractivity contribution in [3.63, 3.8) is 0 Å². The average Bonchev–Trinajstić information content (AvgIpc) is 3.25. The van der Waals surface area contributed by atoms with Gasteiger partial charge in [0.15, 0.2) is 5.17 Å². The van der Waals surface area contributed by atoms with Gasteiger partial charge in [0.1, 0.15) is 11.5 Å². The predicted molar refractivity (Wildman–Crippen MR) is 111 cm³/mol. The monoisotopic (exact) mass is 414 g/mol. The molecule has 0 bridgehead atoms. The molecule has 1 amide bonds. The Morgan fingerprint density at radius 2 is 1.78 bits per heavy atom. The summed E-state index contributed by atoms with van der Waals surface area (Å²) >= 11 is 13.3. The minimum Gasteiger partial charge on any atom is -0.457 e. The Morgan fingerprint density at radius 1 is 1.00 bits per heavy atom. The van der Waals surface area contributed by atoms with E-state index in [9.17, 15) is 4.79 Å². The van der Waals surface area contributed by atoms with Gasteiger partial charge in [-0.15, -0.1) is 0 Å². The SMILES string of the molecule is O=C1NC(=Nc2ccccc2Cl)S/C1=C\c1ccc(-c2ccc(Cl)cc2)o1. The third kappa shape index (κ3) is 4.11. The van der Waals surface area contributed by atoms with E-state index in [1.807, 2.05) is 36.4 Å². The fraction of sp³-hybridized carbons (Fsp3) is 0. The minimum absolute atomic E-state index is 0.227. The van der Waals surface area contributed by atoms with Crippen LogP contribution in [0.15, 0.2) is 75.0 Å². The van der Waals surface area contributed by atoms with Crippen LogP contribution in [0.5, 0.6) is 0 Å². The van der Waals surface area contributed by atoms with Crippen LogP contribution in [-0.2, 0) is 4.79 Å². The molecule has 0 unspecified atom stereocenters. The smallest absolute Gasteiger partial charge is 0.264 e. The molecule has 3 aromatic rings. The first-order valence-electron chi connectivity index (χ1n) is 7.98. The highest BCUT2D eigenvalue weighted by atomic mass is 35.5.